The Kier molecular flexibility index (Phi) is 8.08. The number of benzene rings is 2. The van der Waals surface area contributed by atoms with Gasteiger partial charge in [0.25, 0.3) is 5.91 Å². The molecule has 2 atom stereocenters. The zero-order chi connectivity index (χ0) is 23.1. The van der Waals surface area contributed by atoms with Crippen LogP contribution >= 0.6 is 0 Å². The van der Waals surface area contributed by atoms with Gasteiger partial charge in [-0.15, -0.1) is 0 Å². The number of morpholine rings is 1. The molecule has 1 fully saturated rings. The van der Waals surface area contributed by atoms with E-state index < -0.39 is 12.1 Å². The smallest absolute Gasteiger partial charge is 0.254 e. The van der Waals surface area contributed by atoms with Crippen molar-refractivity contribution in [2.45, 2.75) is 18.7 Å². The van der Waals surface area contributed by atoms with Crippen LogP contribution in [0, 0.1) is 0 Å². The fraction of sp³-hybridized carbons (Fsp3) is 0.417. The summed E-state index contributed by atoms with van der Waals surface area (Å²) in [5, 5.41) is 0. The number of amides is 2. The number of likely N-dealkylation sites (N-methyl/N-ethyl adjacent to an activating group) is 1. The van der Waals surface area contributed by atoms with Gasteiger partial charge in [-0.1, -0.05) is 30.3 Å². The van der Waals surface area contributed by atoms with E-state index in [1.807, 2.05) is 42.5 Å². The van der Waals surface area contributed by atoms with E-state index in [4.69, 9.17) is 18.9 Å². The number of carbonyl (C=O) groups excluding carboxylic acids is 2. The lowest BCUT2D eigenvalue weighted by Gasteiger charge is -2.41. The maximum atomic E-state index is 13.3. The zero-order valence-electron chi connectivity index (χ0n) is 18.9. The highest BCUT2D eigenvalue weighted by atomic mass is 16.5. The van der Waals surface area contributed by atoms with Crippen molar-refractivity contribution in [1.82, 2.24) is 9.80 Å². The first-order chi connectivity index (χ1) is 15.5. The highest BCUT2D eigenvalue weighted by Crippen LogP contribution is 2.35. The monoisotopic (exact) mass is 442 g/mol. The molecule has 8 nitrogen and oxygen atoms in total. The Balaban J connectivity index is 1.97. The van der Waals surface area contributed by atoms with Gasteiger partial charge >= 0.3 is 0 Å². The normalized spacial score (nSPS) is 18.4. The highest BCUT2D eigenvalue weighted by Gasteiger charge is 2.43. The first kappa shape index (κ1) is 23.6. The third-order valence-corrected chi connectivity index (χ3v) is 5.56. The van der Waals surface area contributed by atoms with Crippen LogP contribution < -0.4 is 9.47 Å². The predicted molar refractivity (Wildman–Crippen MR) is 119 cm³/mol. The van der Waals surface area contributed by atoms with Gasteiger partial charge in [-0.05, 0) is 17.7 Å². The topological polar surface area (TPSA) is 77.5 Å². The van der Waals surface area contributed by atoms with Gasteiger partial charge in [0.2, 0.25) is 5.91 Å². The maximum Gasteiger partial charge on any atom is 0.254 e. The first-order valence-electron chi connectivity index (χ1n) is 10.4. The summed E-state index contributed by atoms with van der Waals surface area (Å²) in [4.78, 5) is 29.5. The average Bonchev–Trinajstić information content (AvgIpc) is 2.83. The van der Waals surface area contributed by atoms with Crippen LogP contribution in [0.15, 0.2) is 48.5 Å². The molecular formula is C24H30N2O6. The molecule has 32 heavy (non-hydrogen) atoms. The number of hydrogen-bond donors (Lipinski definition) is 0. The lowest BCUT2D eigenvalue weighted by atomic mass is 9.96. The van der Waals surface area contributed by atoms with Crippen LogP contribution in [0.4, 0.5) is 0 Å². The predicted octanol–water partition coefficient (Wildman–Crippen LogP) is 2.28. The van der Waals surface area contributed by atoms with Crippen molar-refractivity contribution >= 4 is 11.8 Å². The summed E-state index contributed by atoms with van der Waals surface area (Å²) >= 11 is 0. The second kappa shape index (κ2) is 11.0. The Hall–Kier alpha value is -3.10. The fourth-order valence-corrected chi connectivity index (χ4v) is 3.77. The molecule has 0 saturated carbocycles. The molecule has 2 aromatic rings. The van der Waals surface area contributed by atoms with E-state index in [1.165, 1.54) is 0 Å². The Bertz CT molecular complexity index is 920. The third kappa shape index (κ3) is 5.20. The lowest BCUT2D eigenvalue weighted by Crippen LogP contribution is -2.54. The molecule has 0 bridgehead atoms. The van der Waals surface area contributed by atoms with E-state index in [0.717, 1.165) is 11.1 Å². The molecule has 0 N–H and O–H groups in total. The minimum atomic E-state index is -0.832. The fourth-order valence-electron chi connectivity index (χ4n) is 3.77. The van der Waals surface area contributed by atoms with Crippen molar-refractivity contribution < 1.29 is 28.5 Å². The van der Waals surface area contributed by atoms with Crippen LogP contribution in [0.3, 0.4) is 0 Å². The number of methoxy groups -OCH3 is 3. The molecule has 1 heterocycles. The van der Waals surface area contributed by atoms with Gasteiger partial charge < -0.3 is 28.7 Å². The van der Waals surface area contributed by atoms with Crippen molar-refractivity contribution in [1.29, 1.82) is 0 Å². The molecule has 1 aliphatic heterocycles. The standard InChI is InChI=1S/C24H30N2O6/c1-25(12-13-29-2)24(28)23-22(17-8-6-5-7-9-17)26(21(27)16-32-23)15-18-10-11-19(30-3)14-20(18)31-4/h5-11,14,22-23H,12-13,15-16H2,1-4H3/t22-,23+/m0/s1. The Morgan fingerprint density at radius 1 is 1.12 bits per heavy atom. The van der Waals surface area contributed by atoms with Gasteiger partial charge in [-0.3, -0.25) is 9.59 Å². The summed E-state index contributed by atoms with van der Waals surface area (Å²) < 4.78 is 21.7. The van der Waals surface area contributed by atoms with Crippen molar-refractivity contribution in [2.75, 3.05) is 48.1 Å². The minimum Gasteiger partial charge on any atom is -0.497 e. The van der Waals surface area contributed by atoms with Gasteiger partial charge in [0.1, 0.15) is 18.1 Å². The van der Waals surface area contributed by atoms with Crippen LogP contribution in [-0.4, -0.2) is 75.9 Å². The van der Waals surface area contributed by atoms with Crippen molar-refractivity contribution in [3.63, 3.8) is 0 Å². The second-order valence-corrected chi connectivity index (χ2v) is 7.54. The SMILES string of the molecule is COCCN(C)C(=O)[C@@H]1OCC(=O)N(Cc2ccc(OC)cc2OC)[C@H]1c1ccccc1. The Labute approximate surface area is 188 Å². The Morgan fingerprint density at radius 3 is 2.53 bits per heavy atom. The number of hydrogen-bond acceptors (Lipinski definition) is 6. The van der Waals surface area contributed by atoms with Crippen LogP contribution in [-0.2, 0) is 25.6 Å². The summed E-state index contributed by atoms with van der Waals surface area (Å²) in [7, 11) is 6.46. The molecule has 2 aromatic carbocycles. The molecule has 0 aliphatic carbocycles. The zero-order valence-corrected chi connectivity index (χ0v) is 18.9. The van der Waals surface area contributed by atoms with E-state index in [9.17, 15) is 9.59 Å². The molecular weight excluding hydrogens is 412 g/mol. The van der Waals surface area contributed by atoms with Gasteiger partial charge in [-0.25, -0.2) is 0 Å². The van der Waals surface area contributed by atoms with Crippen LogP contribution in [0.25, 0.3) is 0 Å². The average molecular weight is 443 g/mol. The molecule has 0 unspecified atom stereocenters. The van der Waals surface area contributed by atoms with Crippen molar-refractivity contribution in [3.8, 4) is 11.5 Å². The second-order valence-electron chi connectivity index (χ2n) is 7.54. The molecule has 0 radical (unpaired) electrons. The van der Waals surface area contributed by atoms with E-state index >= 15 is 0 Å². The number of carbonyl (C=O) groups is 2. The molecule has 1 saturated heterocycles. The van der Waals surface area contributed by atoms with Gasteiger partial charge in [-0.2, -0.15) is 0 Å². The van der Waals surface area contributed by atoms with Gasteiger partial charge in [0, 0.05) is 32.3 Å². The summed E-state index contributed by atoms with van der Waals surface area (Å²) in [6.07, 6.45) is -0.832. The molecule has 2 amide bonds. The Morgan fingerprint density at radius 2 is 1.88 bits per heavy atom. The van der Waals surface area contributed by atoms with E-state index in [-0.39, 0.29) is 25.0 Å². The van der Waals surface area contributed by atoms with Crippen molar-refractivity contribution in [2.24, 2.45) is 0 Å². The molecule has 8 heteroatoms. The summed E-state index contributed by atoms with van der Waals surface area (Å²) in [6, 6.07) is 14.4. The van der Waals surface area contributed by atoms with Gasteiger partial charge in [0.05, 0.1) is 33.4 Å². The van der Waals surface area contributed by atoms with Crippen LogP contribution in [0.2, 0.25) is 0 Å². The number of nitrogens with zero attached hydrogens (tertiary/aromatic N) is 2. The third-order valence-electron chi connectivity index (χ3n) is 5.56. The molecule has 172 valence electrons. The van der Waals surface area contributed by atoms with Crippen LogP contribution in [0.5, 0.6) is 11.5 Å². The quantitative estimate of drug-likeness (QED) is 0.593. The van der Waals surface area contributed by atoms with E-state index in [1.54, 1.807) is 44.2 Å². The highest BCUT2D eigenvalue weighted by molar-refractivity contribution is 5.86. The summed E-state index contributed by atoms with van der Waals surface area (Å²) in [5.41, 5.74) is 1.63. The largest absolute Gasteiger partial charge is 0.497 e. The molecule has 3 rings (SSSR count). The van der Waals surface area contributed by atoms with Gasteiger partial charge in [0.15, 0.2) is 6.10 Å². The van der Waals surface area contributed by atoms with E-state index in [0.29, 0.717) is 24.7 Å². The van der Waals surface area contributed by atoms with Crippen LogP contribution in [0.1, 0.15) is 17.2 Å². The lowest BCUT2D eigenvalue weighted by molar-refractivity contribution is -0.170. The summed E-state index contributed by atoms with van der Waals surface area (Å²) in [5.74, 6) is 0.872. The summed E-state index contributed by atoms with van der Waals surface area (Å²) in [6.45, 7) is 0.935. The molecule has 0 aromatic heterocycles. The molecule has 0 spiro atoms. The molecule has 1 aliphatic rings. The number of rotatable bonds is 9. The van der Waals surface area contributed by atoms with E-state index in [2.05, 4.69) is 0 Å². The van der Waals surface area contributed by atoms with Crippen molar-refractivity contribution in [3.05, 3.63) is 59.7 Å². The number of ether oxygens (including phenoxy) is 4. The first-order valence-corrected chi connectivity index (χ1v) is 10.4. The maximum absolute atomic E-state index is 13.3. The minimum absolute atomic E-state index is 0.170.